The number of piperidine rings is 1. The number of ether oxygens (including phenoxy) is 1. The van der Waals surface area contributed by atoms with Crippen molar-refractivity contribution >= 4 is 12.0 Å². The van der Waals surface area contributed by atoms with Crippen LogP contribution in [0.15, 0.2) is 12.7 Å². The van der Waals surface area contributed by atoms with Crippen LogP contribution >= 0.6 is 0 Å². The van der Waals surface area contributed by atoms with E-state index in [9.17, 15) is 9.59 Å². The topological polar surface area (TPSA) is 49.9 Å². The standard InChI is InChI=1S/C16H26N2O3/c1-5-10-17-11-6-8-16(13(17)19)9-7-12-18(16)14(20)21-15(2,3)4/h5H,1,6-12H2,2-4H3/t16-/m0/s1. The Balaban J connectivity index is 2.21. The second-order valence-corrected chi connectivity index (χ2v) is 6.91. The monoisotopic (exact) mass is 294 g/mol. The van der Waals surface area contributed by atoms with Crippen LogP contribution in [0.1, 0.15) is 46.5 Å². The van der Waals surface area contributed by atoms with Gasteiger partial charge in [0.2, 0.25) is 5.91 Å². The third-order valence-corrected chi connectivity index (χ3v) is 4.16. The van der Waals surface area contributed by atoms with Gasteiger partial charge in [0.25, 0.3) is 0 Å². The predicted molar refractivity (Wildman–Crippen MR) is 80.9 cm³/mol. The average molecular weight is 294 g/mol. The van der Waals surface area contributed by atoms with E-state index in [1.807, 2.05) is 20.8 Å². The van der Waals surface area contributed by atoms with Gasteiger partial charge in [-0.15, -0.1) is 6.58 Å². The predicted octanol–water partition coefficient (Wildman–Crippen LogP) is 2.56. The summed E-state index contributed by atoms with van der Waals surface area (Å²) in [6, 6.07) is 0. The molecular weight excluding hydrogens is 268 g/mol. The lowest BCUT2D eigenvalue weighted by Crippen LogP contribution is -2.61. The van der Waals surface area contributed by atoms with Gasteiger partial charge in [-0.1, -0.05) is 6.08 Å². The number of rotatable bonds is 2. The summed E-state index contributed by atoms with van der Waals surface area (Å²) in [5.41, 5.74) is -1.23. The first kappa shape index (κ1) is 15.9. The lowest BCUT2D eigenvalue weighted by molar-refractivity contribution is -0.146. The van der Waals surface area contributed by atoms with Crippen LogP contribution in [0.25, 0.3) is 0 Å². The Hall–Kier alpha value is -1.52. The van der Waals surface area contributed by atoms with E-state index in [2.05, 4.69) is 6.58 Å². The van der Waals surface area contributed by atoms with Gasteiger partial charge in [-0.05, 0) is 46.5 Å². The van der Waals surface area contributed by atoms with E-state index in [4.69, 9.17) is 4.74 Å². The van der Waals surface area contributed by atoms with Crippen LogP contribution in [0.2, 0.25) is 0 Å². The molecule has 21 heavy (non-hydrogen) atoms. The summed E-state index contributed by atoms with van der Waals surface area (Å²) in [6.07, 6.45) is 4.61. The highest BCUT2D eigenvalue weighted by molar-refractivity contribution is 5.91. The molecule has 0 unspecified atom stereocenters. The molecule has 0 N–H and O–H groups in total. The molecular formula is C16H26N2O3. The number of amides is 2. The fourth-order valence-corrected chi connectivity index (χ4v) is 3.34. The van der Waals surface area contributed by atoms with Crippen molar-refractivity contribution in [2.75, 3.05) is 19.6 Å². The molecule has 0 aliphatic carbocycles. The minimum absolute atomic E-state index is 0.0528. The van der Waals surface area contributed by atoms with E-state index in [0.29, 0.717) is 13.1 Å². The Bertz CT molecular complexity index is 441. The van der Waals surface area contributed by atoms with E-state index < -0.39 is 11.1 Å². The van der Waals surface area contributed by atoms with Crippen LogP contribution in [-0.4, -0.2) is 52.6 Å². The second kappa shape index (κ2) is 5.70. The first-order chi connectivity index (χ1) is 9.80. The molecule has 2 rings (SSSR count). The zero-order valence-electron chi connectivity index (χ0n) is 13.4. The fourth-order valence-electron chi connectivity index (χ4n) is 3.34. The molecule has 2 heterocycles. The zero-order chi connectivity index (χ0) is 15.7. The molecule has 2 aliphatic heterocycles. The van der Waals surface area contributed by atoms with Crippen molar-refractivity contribution in [1.29, 1.82) is 0 Å². The van der Waals surface area contributed by atoms with Crippen molar-refractivity contribution in [1.82, 2.24) is 9.80 Å². The third kappa shape index (κ3) is 3.06. The number of carbonyl (C=O) groups is 2. The minimum atomic E-state index is -0.691. The Morgan fingerprint density at radius 1 is 1.33 bits per heavy atom. The van der Waals surface area contributed by atoms with Crippen molar-refractivity contribution in [3.8, 4) is 0 Å². The van der Waals surface area contributed by atoms with E-state index in [1.165, 1.54) is 0 Å². The number of hydrogen-bond acceptors (Lipinski definition) is 3. The number of carbonyl (C=O) groups excluding carboxylic acids is 2. The van der Waals surface area contributed by atoms with Gasteiger partial charge in [0, 0.05) is 19.6 Å². The quantitative estimate of drug-likeness (QED) is 0.735. The molecule has 5 nitrogen and oxygen atoms in total. The highest BCUT2D eigenvalue weighted by Gasteiger charge is 2.53. The molecule has 1 spiro atoms. The summed E-state index contributed by atoms with van der Waals surface area (Å²) in [7, 11) is 0. The smallest absolute Gasteiger partial charge is 0.411 e. The molecule has 5 heteroatoms. The van der Waals surface area contributed by atoms with Crippen molar-refractivity contribution in [2.24, 2.45) is 0 Å². The first-order valence-corrected chi connectivity index (χ1v) is 7.71. The summed E-state index contributed by atoms with van der Waals surface area (Å²) >= 11 is 0. The fraction of sp³-hybridized carbons (Fsp3) is 0.750. The molecule has 2 saturated heterocycles. The van der Waals surface area contributed by atoms with E-state index in [-0.39, 0.29) is 12.0 Å². The van der Waals surface area contributed by atoms with Gasteiger partial charge in [-0.2, -0.15) is 0 Å². The molecule has 0 radical (unpaired) electrons. The van der Waals surface area contributed by atoms with Gasteiger partial charge in [0.1, 0.15) is 11.1 Å². The van der Waals surface area contributed by atoms with Crippen LogP contribution in [0.4, 0.5) is 4.79 Å². The highest BCUT2D eigenvalue weighted by Crippen LogP contribution is 2.39. The Morgan fingerprint density at radius 3 is 2.52 bits per heavy atom. The SMILES string of the molecule is C=CCN1CCC[C@]2(CCCN2C(=O)OC(C)(C)C)C1=O. The number of nitrogens with zero attached hydrogens (tertiary/aromatic N) is 2. The maximum Gasteiger partial charge on any atom is 0.411 e. The lowest BCUT2D eigenvalue weighted by atomic mass is 9.85. The Morgan fingerprint density at radius 2 is 1.95 bits per heavy atom. The van der Waals surface area contributed by atoms with E-state index >= 15 is 0 Å². The van der Waals surface area contributed by atoms with E-state index in [1.54, 1.807) is 15.9 Å². The van der Waals surface area contributed by atoms with Gasteiger partial charge >= 0.3 is 6.09 Å². The normalized spacial score (nSPS) is 26.3. The van der Waals surface area contributed by atoms with Crippen LogP contribution in [-0.2, 0) is 9.53 Å². The molecule has 0 aromatic carbocycles. The molecule has 0 aromatic heterocycles. The molecule has 0 saturated carbocycles. The zero-order valence-corrected chi connectivity index (χ0v) is 13.4. The van der Waals surface area contributed by atoms with Crippen molar-refractivity contribution in [2.45, 2.75) is 57.6 Å². The summed E-state index contributed by atoms with van der Waals surface area (Å²) in [5.74, 6) is 0.0528. The highest BCUT2D eigenvalue weighted by atomic mass is 16.6. The lowest BCUT2D eigenvalue weighted by Gasteiger charge is -2.44. The third-order valence-electron chi connectivity index (χ3n) is 4.16. The van der Waals surface area contributed by atoms with Gasteiger partial charge in [0.15, 0.2) is 0 Å². The molecule has 2 fully saturated rings. The largest absolute Gasteiger partial charge is 0.444 e. The number of hydrogen-bond donors (Lipinski definition) is 0. The van der Waals surface area contributed by atoms with Crippen LogP contribution in [0.3, 0.4) is 0 Å². The Labute approximate surface area is 126 Å². The molecule has 0 aromatic rings. The molecule has 2 aliphatic rings. The van der Waals surface area contributed by atoms with Crippen LogP contribution in [0, 0.1) is 0 Å². The van der Waals surface area contributed by atoms with Gasteiger partial charge in [0.05, 0.1) is 0 Å². The van der Waals surface area contributed by atoms with Gasteiger partial charge < -0.3 is 9.64 Å². The second-order valence-electron chi connectivity index (χ2n) is 6.91. The van der Waals surface area contributed by atoms with Crippen LogP contribution < -0.4 is 0 Å². The molecule has 2 amide bonds. The summed E-state index contributed by atoms with van der Waals surface area (Å²) in [5, 5.41) is 0. The average Bonchev–Trinajstić information content (AvgIpc) is 2.78. The molecule has 0 bridgehead atoms. The Kier molecular flexibility index (Phi) is 4.30. The van der Waals surface area contributed by atoms with Crippen molar-refractivity contribution in [3.05, 3.63) is 12.7 Å². The first-order valence-electron chi connectivity index (χ1n) is 7.71. The van der Waals surface area contributed by atoms with Crippen molar-refractivity contribution in [3.63, 3.8) is 0 Å². The van der Waals surface area contributed by atoms with E-state index in [0.717, 1.165) is 32.2 Å². The van der Waals surface area contributed by atoms with Gasteiger partial charge in [-0.25, -0.2) is 4.79 Å². The maximum absolute atomic E-state index is 12.8. The molecule has 118 valence electrons. The number of likely N-dealkylation sites (tertiary alicyclic amines) is 2. The minimum Gasteiger partial charge on any atom is -0.444 e. The summed E-state index contributed by atoms with van der Waals surface area (Å²) in [6.45, 7) is 11.1. The summed E-state index contributed by atoms with van der Waals surface area (Å²) < 4.78 is 5.49. The van der Waals surface area contributed by atoms with Crippen LogP contribution in [0.5, 0.6) is 0 Å². The van der Waals surface area contributed by atoms with Gasteiger partial charge in [-0.3, -0.25) is 9.69 Å². The maximum atomic E-state index is 12.8. The molecule has 1 atom stereocenters. The summed E-state index contributed by atoms with van der Waals surface area (Å²) in [4.78, 5) is 28.8. The van der Waals surface area contributed by atoms with Crippen molar-refractivity contribution < 1.29 is 14.3 Å².